The summed E-state index contributed by atoms with van der Waals surface area (Å²) >= 11 is 0. The van der Waals surface area contributed by atoms with Crippen LogP contribution in [0.4, 0.5) is 0 Å². The fourth-order valence-corrected chi connectivity index (χ4v) is 3.53. The van der Waals surface area contributed by atoms with E-state index >= 15 is 0 Å². The molecule has 18 heavy (non-hydrogen) atoms. The summed E-state index contributed by atoms with van der Waals surface area (Å²) < 4.78 is 25.4. The van der Waals surface area contributed by atoms with E-state index in [0.717, 1.165) is 4.31 Å². The molecule has 0 aliphatic carbocycles. The van der Waals surface area contributed by atoms with Crippen molar-refractivity contribution in [3.8, 4) is 0 Å². The average molecular weight is 279 g/mol. The topological polar surface area (TPSA) is 74.7 Å². The third-order valence-electron chi connectivity index (χ3n) is 2.84. The molecule has 0 aliphatic rings. The fourth-order valence-electron chi connectivity index (χ4n) is 1.42. The van der Waals surface area contributed by atoms with Gasteiger partial charge in [0.2, 0.25) is 10.0 Å². The van der Waals surface area contributed by atoms with Gasteiger partial charge in [0.05, 0.1) is 5.75 Å². The van der Waals surface area contributed by atoms with Crippen LogP contribution in [0.3, 0.4) is 0 Å². The smallest absolute Gasteiger partial charge is 0.318 e. The largest absolute Gasteiger partial charge is 0.480 e. The standard InChI is InChI=1S/C12H25NO4S/c1-6-10(2)13(9-11(14)15)18(16,17)8-7-12(3,4)5/h10H,6-9H2,1-5H3,(H,14,15). The molecule has 1 N–H and O–H groups in total. The van der Waals surface area contributed by atoms with Gasteiger partial charge in [-0.3, -0.25) is 4.79 Å². The predicted octanol–water partition coefficient (Wildman–Crippen LogP) is 1.94. The summed E-state index contributed by atoms with van der Waals surface area (Å²) in [7, 11) is -3.51. The monoisotopic (exact) mass is 279 g/mol. The van der Waals surface area contributed by atoms with Gasteiger partial charge in [0.15, 0.2) is 0 Å². The van der Waals surface area contributed by atoms with Crippen molar-refractivity contribution in [2.75, 3.05) is 12.3 Å². The summed E-state index contributed by atoms with van der Waals surface area (Å²) in [6.07, 6.45) is 1.11. The van der Waals surface area contributed by atoms with Gasteiger partial charge in [0.25, 0.3) is 0 Å². The van der Waals surface area contributed by atoms with Crippen LogP contribution in [0, 0.1) is 5.41 Å². The summed E-state index contributed by atoms with van der Waals surface area (Å²) in [6.45, 7) is 9.02. The summed E-state index contributed by atoms with van der Waals surface area (Å²) in [4.78, 5) is 10.8. The van der Waals surface area contributed by atoms with E-state index in [1.54, 1.807) is 6.92 Å². The number of rotatable bonds is 7. The molecule has 0 aliphatic heterocycles. The first kappa shape index (κ1) is 17.4. The molecule has 0 spiro atoms. The molecule has 0 aromatic rings. The molecular formula is C12H25NO4S. The highest BCUT2D eigenvalue weighted by atomic mass is 32.2. The van der Waals surface area contributed by atoms with Gasteiger partial charge in [-0.25, -0.2) is 8.42 Å². The molecule has 0 amide bonds. The molecule has 6 heteroatoms. The zero-order valence-corrected chi connectivity index (χ0v) is 12.7. The van der Waals surface area contributed by atoms with E-state index < -0.39 is 22.5 Å². The Morgan fingerprint density at radius 1 is 1.33 bits per heavy atom. The van der Waals surface area contributed by atoms with E-state index in [4.69, 9.17) is 5.11 Å². The zero-order valence-electron chi connectivity index (χ0n) is 11.9. The van der Waals surface area contributed by atoms with Gasteiger partial charge in [0.1, 0.15) is 6.54 Å². The van der Waals surface area contributed by atoms with Crippen LogP contribution in [-0.4, -0.2) is 42.1 Å². The van der Waals surface area contributed by atoms with Gasteiger partial charge in [-0.2, -0.15) is 4.31 Å². The van der Waals surface area contributed by atoms with E-state index in [0.29, 0.717) is 12.8 Å². The van der Waals surface area contributed by atoms with Crippen molar-refractivity contribution in [2.45, 2.75) is 53.5 Å². The second kappa shape index (κ2) is 6.52. The van der Waals surface area contributed by atoms with Crippen molar-refractivity contribution in [2.24, 2.45) is 5.41 Å². The Morgan fingerprint density at radius 2 is 1.83 bits per heavy atom. The lowest BCUT2D eigenvalue weighted by molar-refractivity contribution is -0.137. The van der Waals surface area contributed by atoms with Crippen molar-refractivity contribution in [1.29, 1.82) is 0 Å². The Balaban J connectivity index is 4.92. The van der Waals surface area contributed by atoms with E-state index in [1.807, 2.05) is 27.7 Å². The average Bonchev–Trinajstić information content (AvgIpc) is 2.21. The van der Waals surface area contributed by atoms with E-state index in [9.17, 15) is 13.2 Å². The molecule has 0 aromatic carbocycles. The molecule has 0 heterocycles. The molecule has 0 saturated carbocycles. The van der Waals surface area contributed by atoms with Gasteiger partial charge >= 0.3 is 5.97 Å². The van der Waals surface area contributed by atoms with Gasteiger partial charge < -0.3 is 5.11 Å². The van der Waals surface area contributed by atoms with Crippen molar-refractivity contribution < 1.29 is 18.3 Å². The van der Waals surface area contributed by atoms with Gasteiger partial charge in [-0.15, -0.1) is 0 Å². The van der Waals surface area contributed by atoms with Crippen LogP contribution in [0.2, 0.25) is 0 Å². The Kier molecular flexibility index (Phi) is 6.29. The van der Waals surface area contributed by atoms with Gasteiger partial charge in [0, 0.05) is 6.04 Å². The van der Waals surface area contributed by atoms with Crippen LogP contribution < -0.4 is 0 Å². The minimum absolute atomic E-state index is 0.00583. The van der Waals surface area contributed by atoms with Crippen LogP contribution in [0.25, 0.3) is 0 Å². The number of aliphatic carboxylic acids is 1. The second-order valence-corrected chi connectivity index (χ2v) is 7.86. The summed E-state index contributed by atoms with van der Waals surface area (Å²) in [5.41, 5.74) is -0.0859. The molecular weight excluding hydrogens is 254 g/mol. The lowest BCUT2D eigenvalue weighted by Gasteiger charge is -2.27. The number of hydrogen-bond acceptors (Lipinski definition) is 3. The Morgan fingerprint density at radius 3 is 2.17 bits per heavy atom. The van der Waals surface area contributed by atoms with Gasteiger partial charge in [-0.1, -0.05) is 27.7 Å². The molecule has 0 radical (unpaired) electrons. The molecule has 1 unspecified atom stereocenters. The maximum Gasteiger partial charge on any atom is 0.318 e. The molecule has 0 bridgehead atoms. The summed E-state index contributed by atoms with van der Waals surface area (Å²) in [5, 5.41) is 8.81. The molecule has 0 aromatic heterocycles. The first-order chi connectivity index (χ1) is 7.99. The van der Waals surface area contributed by atoms with E-state index in [2.05, 4.69) is 0 Å². The highest BCUT2D eigenvalue weighted by Gasteiger charge is 2.29. The maximum absolute atomic E-state index is 12.2. The number of sulfonamides is 1. The zero-order chi connectivity index (χ0) is 14.6. The number of carbonyl (C=O) groups is 1. The first-order valence-corrected chi connectivity index (χ1v) is 7.82. The van der Waals surface area contributed by atoms with Crippen LogP contribution >= 0.6 is 0 Å². The SMILES string of the molecule is CCC(C)N(CC(=O)O)S(=O)(=O)CCC(C)(C)C. The van der Waals surface area contributed by atoms with Crippen LogP contribution in [-0.2, 0) is 14.8 Å². The predicted molar refractivity (Wildman–Crippen MR) is 72.0 cm³/mol. The summed E-state index contributed by atoms with van der Waals surface area (Å²) in [6, 6.07) is -0.286. The number of carboxylic acid groups (broad SMARTS) is 1. The Labute approximate surface area is 110 Å². The second-order valence-electron chi connectivity index (χ2n) is 5.82. The van der Waals surface area contributed by atoms with Crippen molar-refractivity contribution in [3.63, 3.8) is 0 Å². The van der Waals surface area contributed by atoms with Crippen LogP contribution in [0.1, 0.15) is 47.5 Å². The third kappa shape index (κ3) is 6.35. The highest BCUT2D eigenvalue weighted by molar-refractivity contribution is 7.89. The van der Waals surface area contributed by atoms with E-state index in [1.165, 1.54) is 0 Å². The molecule has 1 atom stereocenters. The highest BCUT2D eigenvalue weighted by Crippen LogP contribution is 2.21. The van der Waals surface area contributed by atoms with E-state index in [-0.39, 0.29) is 17.2 Å². The fraction of sp³-hybridized carbons (Fsp3) is 0.917. The minimum Gasteiger partial charge on any atom is -0.480 e. The molecule has 5 nitrogen and oxygen atoms in total. The van der Waals surface area contributed by atoms with Gasteiger partial charge in [-0.05, 0) is 25.2 Å². The van der Waals surface area contributed by atoms with Crippen molar-refractivity contribution >= 4 is 16.0 Å². The third-order valence-corrected chi connectivity index (χ3v) is 4.76. The molecule has 0 fully saturated rings. The van der Waals surface area contributed by atoms with Crippen molar-refractivity contribution in [1.82, 2.24) is 4.31 Å². The molecule has 0 saturated heterocycles. The quantitative estimate of drug-likeness (QED) is 0.772. The Bertz CT molecular complexity index is 370. The number of carboxylic acids is 1. The lowest BCUT2D eigenvalue weighted by atomic mass is 9.94. The summed E-state index contributed by atoms with van der Waals surface area (Å²) in [5.74, 6) is -1.12. The molecule has 0 rings (SSSR count). The van der Waals surface area contributed by atoms with Crippen molar-refractivity contribution in [3.05, 3.63) is 0 Å². The lowest BCUT2D eigenvalue weighted by Crippen LogP contribution is -2.43. The normalized spacial score (nSPS) is 14.8. The minimum atomic E-state index is -3.51. The Hall–Kier alpha value is -0.620. The number of hydrogen-bond donors (Lipinski definition) is 1. The first-order valence-electron chi connectivity index (χ1n) is 6.21. The number of nitrogens with zero attached hydrogens (tertiary/aromatic N) is 1. The maximum atomic E-state index is 12.2. The van der Waals surface area contributed by atoms with Crippen LogP contribution in [0.15, 0.2) is 0 Å². The molecule has 108 valence electrons. The van der Waals surface area contributed by atoms with Crippen LogP contribution in [0.5, 0.6) is 0 Å².